The Kier molecular flexibility index (Phi) is 5.82. The van der Waals surface area contributed by atoms with Crippen LogP contribution in [0.1, 0.15) is 24.2 Å². The van der Waals surface area contributed by atoms with Gasteiger partial charge in [-0.1, -0.05) is 36.4 Å². The molecule has 3 aromatic rings. The molecule has 1 saturated heterocycles. The first-order chi connectivity index (χ1) is 13.8. The van der Waals surface area contributed by atoms with Crippen molar-refractivity contribution in [3.63, 3.8) is 0 Å². The van der Waals surface area contributed by atoms with Crippen LogP contribution in [0.5, 0.6) is 0 Å². The van der Waals surface area contributed by atoms with Gasteiger partial charge < -0.3 is 15.0 Å². The normalized spacial score (nSPS) is 15.1. The number of hydrogen-bond donors (Lipinski definition) is 1. The van der Waals surface area contributed by atoms with Crippen molar-refractivity contribution in [1.29, 1.82) is 0 Å². The molecule has 7 heteroatoms. The van der Waals surface area contributed by atoms with Crippen LogP contribution in [0.3, 0.4) is 0 Å². The van der Waals surface area contributed by atoms with E-state index in [9.17, 15) is 4.79 Å². The molecular formula is C21H25N5O2. The Morgan fingerprint density at radius 1 is 1.07 bits per heavy atom. The van der Waals surface area contributed by atoms with Gasteiger partial charge in [0, 0.05) is 19.3 Å². The van der Waals surface area contributed by atoms with Crippen LogP contribution in [0.25, 0.3) is 5.65 Å². The zero-order chi connectivity index (χ0) is 19.2. The number of ether oxygens (including phenoxy) is 1. The molecule has 7 nitrogen and oxygen atoms in total. The van der Waals surface area contributed by atoms with Gasteiger partial charge in [-0.15, -0.1) is 10.2 Å². The zero-order valence-corrected chi connectivity index (χ0v) is 15.8. The zero-order valence-electron chi connectivity index (χ0n) is 15.8. The highest BCUT2D eigenvalue weighted by atomic mass is 16.5. The molecule has 0 spiro atoms. The molecule has 1 aliphatic rings. The molecule has 0 saturated carbocycles. The van der Waals surface area contributed by atoms with E-state index in [0.717, 1.165) is 37.3 Å². The molecule has 0 unspecified atom stereocenters. The molecule has 4 rings (SSSR count). The fourth-order valence-electron chi connectivity index (χ4n) is 3.49. The molecule has 1 fully saturated rings. The number of hydrogen-bond acceptors (Lipinski definition) is 4. The van der Waals surface area contributed by atoms with Crippen LogP contribution in [0, 0.1) is 0 Å². The van der Waals surface area contributed by atoms with Gasteiger partial charge in [-0.3, -0.25) is 4.40 Å². The summed E-state index contributed by atoms with van der Waals surface area (Å²) < 4.78 is 7.88. The third-order valence-corrected chi connectivity index (χ3v) is 5.10. The van der Waals surface area contributed by atoms with Gasteiger partial charge in [0.1, 0.15) is 0 Å². The number of urea groups is 1. The monoisotopic (exact) mass is 379 g/mol. The second-order valence-corrected chi connectivity index (χ2v) is 7.00. The predicted octanol–water partition coefficient (Wildman–Crippen LogP) is 2.66. The lowest BCUT2D eigenvalue weighted by Crippen LogP contribution is -2.45. The summed E-state index contributed by atoms with van der Waals surface area (Å²) in [5.41, 5.74) is 2.07. The maximum atomic E-state index is 12.5. The number of fused-ring (bicyclic) bond motifs is 1. The van der Waals surface area contributed by atoms with Crippen LogP contribution in [0.4, 0.5) is 4.79 Å². The van der Waals surface area contributed by atoms with Gasteiger partial charge in [0.25, 0.3) is 0 Å². The van der Waals surface area contributed by atoms with Crippen molar-refractivity contribution in [2.24, 2.45) is 0 Å². The van der Waals surface area contributed by atoms with Crippen molar-refractivity contribution < 1.29 is 9.53 Å². The summed E-state index contributed by atoms with van der Waals surface area (Å²) in [5, 5.41) is 11.2. The van der Waals surface area contributed by atoms with Crippen LogP contribution in [-0.2, 0) is 17.7 Å². The molecule has 1 aliphatic heterocycles. The molecular weight excluding hydrogens is 354 g/mol. The highest BCUT2D eigenvalue weighted by Crippen LogP contribution is 2.14. The predicted molar refractivity (Wildman–Crippen MR) is 106 cm³/mol. The van der Waals surface area contributed by atoms with Crippen LogP contribution in [0.15, 0.2) is 54.7 Å². The minimum absolute atomic E-state index is 0.0598. The van der Waals surface area contributed by atoms with Crippen molar-refractivity contribution >= 4 is 11.7 Å². The van der Waals surface area contributed by atoms with Crippen LogP contribution in [0.2, 0.25) is 0 Å². The van der Waals surface area contributed by atoms with E-state index >= 15 is 0 Å². The highest BCUT2D eigenvalue weighted by Gasteiger charge is 2.23. The number of nitrogens with one attached hydrogen (secondary N) is 1. The number of likely N-dealkylation sites (tertiary alicyclic amines) is 1. The summed E-state index contributed by atoms with van der Waals surface area (Å²) in [5.74, 6) is 0.725. The van der Waals surface area contributed by atoms with Crippen molar-refractivity contribution in [3.05, 3.63) is 66.1 Å². The van der Waals surface area contributed by atoms with Gasteiger partial charge in [0.05, 0.1) is 19.3 Å². The Morgan fingerprint density at radius 3 is 2.68 bits per heavy atom. The summed E-state index contributed by atoms with van der Waals surface area (Å²) in [7, 11) is 0. The van der Waals surface area contributed by atoms with Crippen LogP contribution < -0.4 is 5.32 Å². The van der Waals surface area contributed by atoms with Gasteiger partial charge >= 0.3 is 6.03 Å². The molecule has 0 bridgehead atoms. The standard InChI is InChI=1S/C21H25N5O2/c27-21(22-16-20-24-23-19-8-4-5-12-26(19)20)25-13-9-18(10-14-25)28-15-11-17-6-2-1-3-7-17/h1-8,12,18H,9-11,13-16H2,(H,22,27). The van der Waals surface area contributed by atoms with E-state index in [0.29, 0.717) is 19.6 Å². The Bertz CT molecular complexity index is 903. The lowest BCUT2D eigenvalue weighted by molar-refractivity contribution is 0.0164. The molecule has 0 atom stereocenters. The molecule has 0 radical (unpaired) electrons. The smallest absolute Gasteiger partial charge is 0.317 e. The van der Waals surface area contributed by atoms with E-state index in [1.54, 1.807) is 0 Å². The summed E-state index contributed by atoms with van der Waals surface area (Å²) >= 11 is 0. The molecule has 2 aromatic heterocycles. The van der Waals surface area contributed by atoms with Crippen molar-refractivity contribution in [3.8, 4) is 0 Å². The molecule has 146 valence electrons. The summed E-state index contributed by atoms with van der Waals surface area (Å²) in [6.07, 6.45) is 4.79. The van der Waals surface area contributed by atoms with Gasteiger partial charge in [0.15, 0.2) is 11.5 Å². The van der Waals surface area contributed by atoms with E-state index < -0.39 is 0 Å². The highest BCUT2D eigenvalue weighted by molar-refractivity contribution is 5.74. The van der Waals surface area contributed by atoms with E-state index in [4.69, 9.17) is 4.74 Å². The van der Waals surface area contributed by atoms with E-state index in [1.165, 1.54) is 5.56 Å². The molecule has 1 N–H and O–H groups in total. The lowest BCUT2D eigenvalue weighted by atomic mass is 10.1. The number of amides is 2. The number of nitrogens with zero attached hydrogens (tertiary/aromatic N) is 4. The van der Waals surface area contributed by atoms with Crippen LogP contribution in [-0.4, -0.2) is 51.3 Å². The first-order valence-corrected chi connectivity index (χ1v) is 9.76. The third-order valence-electron chi connectivity index (χ3n) is 5.10. The summed E-state index contributed by atoms with van der Waals surface area (Å²) in [6.45, 7) is 2.50. The average molecular weight is 379 g/mol. The quantitative estimate of drug-likeness (QED) is 0.715. The van der Waals surface area contributed by atoms with Crippen molar-refractivity contribution in [2.75, 3.05) is 19.7 Å². The Morgan fingerprint density at radius 2 is 1.86 bits per heavy atom. The minimum atomic E-state index is -0.0598. The van der Waals surface area contributed by atoms with E-state index in [2.05, 4.69) is 39.8 Å². The van der Waals surface area contributed by atoms with Crippen LogP contribution >= 0.6 is 0 Å². The number of carbonyl (C=O) groups is 1. The first kappa shape index (κ1) is 18.4. The number of aromatic nitrogens is 3. The summed E-state index contributed by atoms with van der Waals surface area (Å²) in [6, 6.07) is 16.0. The Balaban J connectivity index is 1.19. The number of pyridine rings is 1. The number of benzene rings is 1. The number of piperidine rings is 1. The van der Waals surface area contributed by atoms with Gasteiger partial charge in [0.2, 0.25) is 0 Å². The Labute approximate surface area is 164 Å². The topological polar surface area (TPSA) is 71.8 Å². The maximum absolute atomic E-state index is 12.5. The van der Waals surface area contributed by atoms with E-state index in [-0.39, 0.29) is 12.1 Å². The SMILES string of the molecule is O=C(NCc1nnc2ccccn12)N1CCC(OCCc2ccccc2)CC1. The average Bonchev–Trinajstić information content (AvgIpc) is 3.16. The minimum Gasteiger partial charge on any atom is -0.378 e. The molecule has 0 aliphatic carbocycles. The fourth-order valence-corrected chi connectivity index (χ4v) is 3.49. The molecule has 28 heavy (non-hydrogen) atoms. The third kappa shape index (κ3) is 4.48. The van der Waals surface area contributed by atoms with Gasteiger partial charge in [-0.05, 0) is 37.0 Å². The lowest BCUT2D eigenvalue weighted by Gasteiger charge is -2.32. The second-order valence-electron chi connectivity index (χ2n) is 7.00. The molecule has 3 heterocycles. The fraction of sp³-hybridized carbons (Fsp3) is 0.381. The maximum Gasteiger partial charge on any atom is 0.317 e. The first-order valence-electron chi connectivity index (χ1n) is 9.76. The number of carbonyl (C=O) groups excluding carboxylic acids is 1. The summed E-state index contributed by atoms with van der Waals surface area (Å²) in [4.78, 5) is 14.3. The second kappa shape index (κ2) is 8.84. The molecule has 2 amide bonds. The largest absolute Gasteiger partial charge is 0.378 e. The molecule has 1 aromatic carbocycles. The van der Waals surface area contributed by atoms with Gasteiger partial charge in [-0.2, -0.15) is 0 Å². The van der Waals surface area contributed by atoms with Gasteiger partial charge in [-0.25, -0.2) is 4.79 Å². The van der Waals surface area contributed by atoms with Crippen molar-refractivity contribution in [1.82, 2.24) is 24.8 Å². The number of rotatable bonds is 6. The van der Waals surface area contributed by atoms with Crippen molar-refractivity contribution in [2.45, 2.75) is 31.9 Å². The Hall–Kier alpha value is -2.93. The van der Waals surface area contributed by atoms with E-state index in [1.807, 2.05) is 39.8 Å².